The lowest BCUT2D eigenvalue weighted by Crippen LogP contribution is -2.21. The summed E-state index contributed by atoms with van der Waals surface area (Å²) in [6, 6.07) is 13.9. The second-order valence-electron chi connectivity index (χ2n) is 10.00. The smallest absolute Gasteiger partial charge is 0.478 e. The van der Waals surface area contributed by atoms with Crippen LogP contribution >= 0.6 is 0 Å². The number of ether oxygens (including phenoxy) is 2. The largest absolute Gasteiger partial charge is 0.490 e. The summed E-state index contributed by atoms with van der Waals surface area (Å²) in [5.41, 5.74) is 1.18. The molecule has 0 bridgehead atoms. The molecule has 0 saturated carbocycles. The summed E-state index contributed by atoms with van der Waals surface area (Å²) in [6.45, 7) is 0.331. The van der Waals surface area contributed by atoms with Gasteiger partial charge in [0.25, 0.3) is 0 Å². The molecule has 3 aromatic heterocycles. The molecule has 0 unspecified atom stereocenters. The van der Waals surface area contributed by atoms with Crippen LogP contribution < -0.4 is 4.74 Å². The molecular formula is C32H23F6N5O6. The Labute approximate surface area is 272 Å². The van der Waals surface area contributed by atoms with E-state index in [1.54, 1.807) is 16.7 Å². The second kappa shape index (κ2) is 15.3. The van der Waals surface area contributed by atoms with E-state index >= 15 is 8.78 Å². The van der Waals surface area contributed by atoms with E-state index in [2.05, 4.69) is 15.0 Å². The number of nitrogens with zero attached hydrogens (tertiary/aromatic N) is 5. The first kappa shape index (κ1) is 35.8. The van der Waals surface area contributed by atoms with Gasteiger partial charge in [-0.25, -0.2) is 32.7 Å². The van der Waals surface area contributed by atoms with Gasteiger partial charge in [0, 0.05) is 37.9 Å². The summed E-state index contributed by atoms with van der Waals surface area (Å²) in [5, 5.41) is 25.4. The van der Waals surface area contributed by atoms with Gasteiger partial charge in [-0.15, -0.1) is 0 Å². The SMILES string of the molecule is COCCn1c(Cc2cc(F)c(-c3cccc(OCc4ncc(C#N)cc4F)n3)cc2F)nc2ccc(C(=O)O)cc21.O=C(O)C(F)(F)F. The Balaban J connectivity index is 0.000000698. The third-order valence-electron chi connectivity index (χ3n) is 6.72. The molecule has 0 radical (unpaired) electrons. The molecule has 0 fully saturated rings. The minimum absolute atomic E-state index is 0.0366. The Kier molecular flexibility index (Phi) is 11.2. The van der Waals surface area contributed by atoms with Crippen molar-refractivity contribution < 1.29 is 55.6 Å². The van der Waals surface area contributed by atoms with Crippen LogP contribution in [0.1, 0.15) is 33.0 Å². The number of imidazole rings is 1. The molecule has 2 N–H and O–H groups in total. The van der Waals surface area contributed by atoms with Gasteiger partial charge in [-0.3, -0.25) is 4.98 Å². The van der Waals surface area contributed by atoms with Crippen LogP contribution in [-0.4, -0.2) is 61.6 Å². The standard InChI is InChI=1S/C30H22F3N5O4.C2HF3O2/c1-41-8-7-38-27-11-18(30(39)40)5-6-25(27)36-28(38)12-19-10-22(32)20(13-21(19)31)24-3-2-4-29(37-24)42-16-26-23(33)9-17(14-34)15-35-26;3-2(4,5)1(6)7/h2-6,9-11,13,15H,7-8,12,16H2,1H3,(H,39,40);(H,6,7). The van der Waals surface area contributed by atoms with E-state index in [1.165, 1.54) is 43.6 Å². The Hall–Kier alpha value is -6.02. The third-order valence-corrected chi connectivity index (χ3v) is 6.72. The lowest BCUT2D eigenvalue weighted by Gasteiger charge is -2.12. The molecule has 49 heavy (non-hydrogen) atoms. The summed E-state index contributed by atoms with van der Waals surface area (Å²) >= 11 is 0. The van der Waals surface area contributed by atoms with Crippen LogP contribution in [0.2, 0.25) is 0 Å². The van der Waals surface area contributed by atoms with E-state index in [1.807, 2.05) is 0 Å². The zero-order chi connectivity index (χ0) is 35.9. The molecule has 0 aliphatic carbocycles. The first-order valence-corrected chi connectivity index (χ1v) is 13.9. The van der Waals surface area contributed by atoms with Crippen LogP contribution in [0.4, 0.5) is 26.3 Å². The number of methoxy groups -OCH3 is 1. The maximum absolute atomic E-state index is 15.3. The third kappa shape index (κ3) is 8.87. The summed E-state index contributed by atoms with van der Waals surface area (Å²) in [5.74, 6) is -5.55. The van der Waals surface area contributed by atoms with E-state index in [0.29, 0.717) is 30.0 Å². The summed E-state index contributed by atoms with van der Waals surface area (Å²) < 4.78 is 89.0. The number of hydrogen-bond acceptors (Lipinski definition) is 8. The number of aromatic carboxylic acids is 1. The van der Waals surface area contributed by atoms with Crippen LogP contribution in [0.25, 0.3) is 22.3 Å². The fraction of sp³-hybridized carbons (Fsp3) is 0.188. The number of aromatic nitrogens is 4. The van der Waals surface area contributed by atoms with Crippen molar-refractivity contribution in [3.63, 3.8) is 0 Å². The molecule has 5 aromatic rings. The van der Waals surface area contributed by atoms with Crippen molar-refractivity contribution in [2.75, 3.05) is 13.7 Å². The first-order chi connectivity index (χ1) is 23.2. The van der Waals surface area contributed by atoms with Crippen molar-refractivity contribution in [1.82, 2.24) is 19.5 Å². The van der Waals surface area contributed by atoms with Crippen molar-refractivity contribution in [2.24, 2.45) is 0 Å². The number of pyridine rings is 2. The quantitative estimate of drug-likeness (QED) is 0.169. The summed E-state index contributed by atoms with van der Waals surface area (Å²) in [6.07, 6.45) is -3.94. The number of nitriles is 1. The van der Waals surface area contributed by atoms with Gasteiger partial charge in [0.1, 0.15) is 41.6 Å². The van der Waals surface area contributed by atoms with E-state index in [-0.39, 0.29) is 52.5 Å². The number of carboxylic acid groups (broad SMARTS) is 2. The summed E-state index contributed by atoms with van der Waals surface area (Å²) in [7, 11) is 1.52. The lowest BCUT2D eigenvalue weighted by molar-refractivity contribution is -0.192. The molecule has 3 heterocycles. The predicted octanol–water partition coefficient (Wildman–Crippen LogP) is 5.93. The number of halogens is 6. The van der Waals surface area contributed by atoms with Gasteiger partial charge < -0.3 is 24.3 Å². The molecule has 0 amide bonds. The van der Waals surface area contributed by atoms with Crippen LogP contribution in [0, 0.1) is 28.8 Å². The van der Waals surface area contributed by atoms with E-state index in [0.717, 1.165) is 18.2 Å². The molecule has 0 atom stereocenters. The molecule has 0 saturated heterocycles. The van der Waals surface area contributed by atoms with E-state index < -0.39 is 35.6 Å². The zero-order valence-corrected chi connectivity index (χ0v) is 25.1. The number of rotatable bonds is 10. The van der Waals surface area contributed by atoms with Crippen LogP contribution in [0.3, 0.4) is 0 Å². The molecule has 11 nitrogen and oxygen atoms in total. The van der Waals surface area contributed by atoms with Crippen LogP contribution in [0.5, 0.6) is 5.88 Å². The predicted molar refractivity (Wildman–Crippen MR) is 158 cm³/mol. The molecule has 5 rings (SSSR count). The number of carbonyl (C=O) groups is 2. The second-order valence-corrected chi connectivity index (χ2v) is 10.00. The first-order valence-electron chi connectivity index (χ1n) is 13.9. The van der Waals surface area contributed by atoms with Gasteiger partial charge in [0.2, 0.25) is 5.88 Å². The molecular weight excluding hydrogens is 664 g/mol. The van der Waals surface area contributed by atoms with Crippen LogP contribution in [0.15, 0.2) is 60.8 Å². The highest BCUT2D eigenvalue weighted by Crippen LogP contribution is 2.28. The van der Waals surface area contributed by atoms with Crippen molar-refractivity contribution in [3.05, 3.63) is 106 Å². The van der Waals surface area contributed by atoms with Crippen molar-refractivity contribution in [3.8, 4) is 23.2 Å². The normalized spacial score (nSPS) is 11.1. The molecule has 254 valence electrons. The summed E-state index contributed by atoms with van der Waals surface area (Å²) in [4.78, 5) is 33.0. The number of benzene rings is 2. The fourth-order valence-electron chi connectivity index (χ4n) is 4.38. The van der Waals surface area contributed by atoms with Gasteiger partial charge in [-0.2, -0.15) is 18.4 Å². The Morgan fingerprint density at radius 1 is 0.980 bits per heavy atom. The minimum Gasteiger partial charge on any atom is -0.478 e. The highest BCUT2D eigenvalue weighted by atomic mass is 19.4. The maximum Gasteiger partial charge on any atom is 0.490 e. The van der Waals surface area contributed by atoms with E-state index in [4.69, 9.17) is 24.6 Å². The zero-order valence-electron chi connectivity index (χ0n) is 25.1. The minimum atomic E-state index is -5.08. The van der Waals surface area contributed by atoms with Crippen molar-refractivity contribution >= 4 is 23.0 Å². The molecule has 17 heteroatoms. The van der Waals surface area contributed by atoms with Gasteiger partial charge in [-0.1, -0.05) is 6.07 Å². The molecule has 2 aromatic carbocycles. The van der Waals surface area contributed by atoms with Crippen molar-refractivity contribution in [2.45, 2.75) is 25.7 Å². The van der Waals surface area contributed by atoms with Gasteiger partial charge in [-0.05, 0) is 48.0 Å². The number of carboxylic acids is 2. The number of hydrogen-bond donors (Lipinski definition) is 2. The van der Waals surface area contributed by atoms with Crippen molar-refractivity contribution in [1.29, 1.82) is 5.26 Å². The Morgan fingerprint density at radius 2 is 1.71 bits per heavy atom. The lowest BCUT2D eigenvalue weighted by atomic mass is 10.0. The number of aliphatic carboxylic acids is 1. The number of alkyl halides is 3. The Morgan fingerprint density at radius 3 is 2.35 bits per heavy atom. The van der Waals surface area contributed by atoms with Crippen LogP contribution in [-0.2, 0) is 29.1 Å². The molecule has 0 spiro atoms. The highest BCUT2D eigenvalue weighted by Gasteiger charge is 2.38. The number of fused-ring (bicyclic) bond motifs is 1. The van der Waals surface area contributed by atoms with Gasteiger partial charge in [0.05, 0.1) is 34.5 Å². The maximum atomic E-state index is 15.3. The monoisotopic (exact) mass is 687 g/mol. The Bertz CT molecular complexity index is 2060. The highest BCUT2D eigenvalue weighted by molar-refractivity contribution is 5.92. The van der Waals surface area contributed by atoms with E-state index in [9.17, 15) is 27.5 Å². The topological polar surface area (TPSA) is 160 Å². The fourth-order valence-corrected chi connectivity index (χ4v) is 4.38. The molecule has 0 aliphatic heterocycles. The van der Waals surface area contributed by atoms with Gasteiger partial charge in [0.15, 0.2) is 0 Å². The average Bonchev–Trinajstić information content (AvgIpc) is 3.40. The average molecular weight is 688 g/mol. The molecule has 0 aliphatic rings. The van der Waals surface area contributed by atoms with Gasteiger partial charge >= 0.3 is 18.1 Å².